The van der Waals surface area contributed by atoms with Crippen molar-refractivity contribution in [2.45, 2.75) is 64.7 Å². The normalized spacial score (nSPS) is 10.7. The lowest BCUT2D eigenvalue weighted by atomic mass is 10.1. The van der Waals surface area contributed by atoms with E-state index in [1.807, 2.05) is 0 Å². The Kier molecular flexibility index (Phi) is 12.9. The van der Waals surface area contributed by atoms with Crippen molar-refractivity contribution < 1.29 is 4.74 Å². The average molecular weight is 199 g/mol. The molecule has 0 spiro atoms. The first-order valence-corrected chi connectivity index (χ1v) is 6.28. The maximum absolute atomic E-state index is 5.29. The van der Waals surface area contributed by atoms with Gasteiger partial charge in [0.25, 0.3) is 0 Å². The van der Waals surface area contributed by atoms with E-state index in [1.165, 1.54) is 51.4 Å². The number of ether oxygens (including phenoxy) is 1. The van der Waals surface area contributed by atoms with Crippen LogP contribution in [-0.2, 0) is 4.74 Å². The third-order valence-corrected chi connectivity index (χ3v) is 2.49. The first-order valence-electron chi connectivity index (χ1n) is 6.28. The summed E-state index contributed by atoms with van der Waals surface area (Å²) in [5, 5.41) is 0. The number of unbranched alkanes of at least 4 members (excludes halogenated alkanes) is 8. The Morgan fingerprint density at radius 3 is 1.79 bits per heavy atom. The molecular formula is C13H27O. The van der Waals surface area contributed by atoms with Crippen LogP contribution in [0.25, 0.3) is 0 Å². The minimum atomic E-state index is 0.866. The Labute approximate surface area is 90.2 Å². The van der Waals surface area contributed by atoms with Crippen LogP contribution >= 0.6 is 0 Å². The molecule has 0 saturated carbocycles. The summed E-state index contributed by atoms with van der Waals surface area (Å²) in [5.74, 6) is 0. The van der Waals surface area contributed by atoms with Crippen LogP contribution in [-0.4, -0.2) is 13.2 Å². The summed E-state index contributed by atoms with van der Waals surface area (Å²) in [6.45, 7) is 7.73. The molecule has 0 atom stereocenters. The molecule has 1 radical (unpaired) electrons. The van der Waals surface area contributed by atoms with Crippen LogP contribution in [0.3, 0.4) is 0 Å². The lowest BCUT2D eigenvalue weighted by molar-refractivity contribution is 0.143. The monoisotopic (exact) mass is 199 g/mol. The van der Waals surface area contributed by atoms with E-state index in [2.05, 4.69) is 13.8 Å². The van der Waals surface area contributed by atoms with E-state index in [0.29, 0.717) is 0 Å². The van der Waals surface area contributed by atoms with Gasteiger partial charge in [0.05, 0.1) is 0 Å². The maximum atomic E-state index is 5.29. The van der Waals surface area contributed by atoms with Crippen molar-refractivity contribution in [3.8, 4) is 0 Å². The number of rotatable bonds is 11. The van der Waals surface area contributed by atoms with E-state index in [-0.39, 0.29) is 0 Å². The van der Waals surface area contributed by atoms with Gasteiger partial charge in [-0.05, 0) is 13.3 Å². The van der Waals surface area contributed by atoms with Gasteiger partial charge in [0.2, 0.25) is 0 Å². The zero-order valence-corrected chi connectivity index (χ0v) is 9.89. The molecule has 0 amide bonds. The molecule has 85 valence electrons. The Morgan fingerprint density at radius 1 is 0.786 bits per heavy atom. The molecule has 0 bridgehead atoms. The Balaban J connectivity index is 2.78. The maximum Gasteiger partial charge on any atom is 0.0465 e. The minimum absolute atomic E-state index is 0.866. The largest absolute Gasteiger partial charge is 0.382 e. The summed E-state index contributed by atoms with van der Waals surface area (Å²) >= 11 is 0. The van der Waals surface area contributed by atoms with Crippen LogP contribution in [0.2, 0.25) is 0 Å². The molecule has 1 heteroatoms. The van der Waals surface area contributed by atoms with Crippen molar-refractivity contribution in [2.75, 3.05) is 13.2 Å². The SMILES string of the molecule is [CH2]CCCCCCCCCCOCC. The molecule has 0 aliphatic carbocycles. The highest BCUT2D eigenvalue weighted by Crippen LogP contribution is 2.09. The molecule has 0 saturated heterocycles. The fourth-order valence-electron chi connectivity index (χ4n) is 1.59. The fraction of sp³-hybridized carbons (Fsp3) is 0.923. The van der Waals surface area contributed by atoms with E-state index in [1.54, 1.807) is 0 Å². The zero-order chi connectivity index (χ0) is 10.5. The number of hydrogen-bond acceptors (Lipinski definition) is 1. The lowest BCUT2D eigenvalue weighted by Crippen LogP contribution is -1.92. The highest BCUT2D eigenvalue weighted by atomic mass is 16.5. The summed E-state index contributed by atoms with van der Waals surface area (Å²) in [6.07, 6.45) is 12.0. The molecule has 0 aromatic rings. The summed E-state index contributed by atoms with van der Waals surface area (Å²) in [6, 6.07) is 0. The standard InChI is InChI=1S/C13H27O/c1-3-5-6-7-8-9-10-11-12-13-14-4-2/h1,3-13H2,2H3. The van der Waals surface area contributed by atoms with Gasteiger partial charge in [-0.3, -0.25) is 0 Å². The van der Waals surface area contributed by atoms with E-state index in [0.717, 1.165) is 19.6 Å². The molecule has 0 N–H and O–H groups in total. The molecule has 14 heavy (non-hydrogen) atoms. The minimum Gasteiger partial charge on any atom is -0.382 e. The van der Waals surface area contributed by atoms with Crippen molar-refractivity contribution in [1.82, 2.24) is 0 Å². The van der Waals surface area contributed by atoms with Gasteiger partial charge in [0.15, 0.2) is 0 Å². The second kappa shape index (κ2) is 13.0. The molecule has 0 aromatic carbocycles. The third-order valence-electron chi connectivity index (χ3n) is 2.49. The number of hydrogen-bond donors (Lipinski definition) is 0. The van der Waals surface area contributed by atoms with Crippen LogP contribution in [0.5, 0.6) is 0 Å². The van der Waals surface area contributed by atoms with Crippen molar-refractivity contribution >= 4 is 0 Å². The van der Waals surface area contributed by atoms with Gasteiger partial charge in [0, 0.05) is 13.2 Å². The van der Waals surface area contributed by atoms with Gasteiger partial charge in [-0.1, -0.05) is 58.3 Å². The lowest BCUT2D eigenvalue weighted by Gasteiger charge is -2.02. The molecule has 0 aromatic heterocycles. The van der Waals surface area contributed by atoms with Crippen molar-refractivity contribution in [3.63, 3.8) is 0 Å². The molecule has 0 rings (SSSR count). The van der Waals surface area contributed by atoms with Crippen LogP contribution in [0, 0.1) is 6.92 Å². The van der Waals surface area contributed by atoms with E-state index in [4.69, 9.17) is 4.74 Å². The van der Waals surface area contributed by atoms with Gasteiger partial charge in [-0.15, -0.1) is 0 Å². The molecule has 0 aliphatic heterocycles. The third kappa shape index (κ3) is 12.0. The fourth-order valence-corrected chi connectivity index (χ4v) is 1.59. The van der Waals surface area contributed by atoms with Crippen LogP contribution < -0.4 is 0 Å². The summed E-state index contributed by atoms with van der Waals surface area (Å²) in [7, 11) is 0. The molecule has 0 heterocycles. The summed E-state index contributed by atoms with van der Waals surface area (Å²) in [5.41, 5.74) is 0. The molecule has 0 fully saturated rings. The predicted octanol–water partition coefficient (Wildman–Crippen LogP) is 4.37. The molecular weight excluding hydrogens is 172 g/mol. The highest BCUT2D eigenvalue weighted by Gasteiger charge is 1.91. The summed E-state index contributed by atoms with van der Waals surface area (Å²) < 4.78 is 5.29. The first-order chi connectivity index (χ1) is 6.91. The van der Waals surface area contributed by atoms with Crippen molar-refractivity contribution in [2.24, 2.45) is 0 Å². The second-order valence-electron chi connectivity index (χ2n) is 3.88. The van der Waals surface area contributed by atoms with Gasteiger partial charge in [-0.2, -0.15) is 0 Å². The van der Waals surface area contributed by atoms with Gasteiger partial charge < -0.3 is 4.74 Å². The molecule has 0 unspecified atom stereocenters. The van der Waals surface area contributed by atoms with Gasteiger partial charge in [-0.25, -0.2) is 0 Å². The van der Waals surface area contributed by atoms with Gasteiger partial charge in [0.1, 0.15) is 0 Å². The topological polar surface area (TPSA) is 9.23 Å². The Bertz CT molecular complexity index is 79.2. The average Bonchev–Trinajstić information content (AvgIpc) is 2.21. The second-order valence-corrected chi connectivity index (χ2v) is 3.88. The first kappa shape index (κ1) is 14.0. The quantitative estimate of drug-likeness (QED) is 0.449. The molecule has 1 nitrogen and oxygen atoms in total. The van der Waals surface area contributed by atoms with E-state index >= 15 is 0 Å². The molecule has 0 aliphatic rings. The van der Waals surface area contributed by atoms with Crippen LogP contribution in [0.1, 0.15) is 64.7 Å². The predicted molar refractivity (Wildman–Crippen MR) is 63.4 cm³/mol. The van der Waals surface area contributed by atoms with E-state index in [9.17, 15) is 0 Å². The van der Waals surface area contributed by atoms with E-state index < -0.39 is 0 Å². The van der Waals surface area contributed by atoms with Crippen LogP contribution in [0.4, 0.5) is 0 Å². The Morgan fingerprint density at radius 2 is 1.29 bits per heavy atom. The zero-order valence-electron chi connectivity index (χ0n) is 9.89. The highest BCUT2D eigenvalue weighted by molar-refractivity contribution is 4.47. The Hall–Kier alpha value is -0.0400. The van der Waals surface area contributed by atoms with Crippen molar-refractivity contribution in [3.05, 3.63) is 6.92 Å². The van der Waals surface area contributed by atoms with Gasteiger partial charge >= 0.3 is 0 Å². The smallest absolute Gasteiger partial charge is 0.0465 e. The summed E-state index contributed by atoms with van der Waals surface area (Å²) in [4.78, 5) is 0. The van der Waals surface area contributed by atoms with Crippen molar-refractivity contribution in [1.29, 1.82) is 0 Å². The van der Waals surface area contributed by atoms with Crippen LogP contribution in [0.15, 0.2) is 0 Å².